The fourth-order valence-electron chi connectivity index (χ4n) is 3.97. The first kappa shape index (κ1) is 26.1. The molecule has 4 rings (SSSR count). The van der Waals surface area contributed by atoms with E-state index in [-0.39, 0.29) is 52.5 Å². The molecule has 36 heavy (non-hydrogen) atoms. The smallest absolute Gasteiger partial charge is 0.255 e. The molecule has 0 atom stereocenters. The number of aromatic nitrogens is 1. The molecular formula is C24H28FN3O6S2. The van der Waals surface area contributed by atoms with E-state index < -0.39 is 31.6 Å². The molecule has 0 bridgehead atoms. The van der Waals surface area contributed by atoms with E-state index >= 15 is 0 Å². The largest absolute Gasteiger partial charge is 0.437 e. The van der Waals surface area contributed by atoms with Crippen molar-refractivity contribution in [3.05, 3.63) is 47.3 Å². The van der Waals surface area contributed by atoms with Crippen molar-refractivity contribution in [2.24, 2.45) is 0 Å². The number of sulfonamides is 1. The van der Waals surface area contributed by atoms with Crippen molar-refractivity contribution in [3.63, 3.8) is 0 Å². The number of hydrogen-bond acceptors (Lipinski definition) is 7. The Balaban J connectivity index is 1.61. The number of benzene rings is 1. The molecule has 1 fully saturated rings. The zero-order valence-electron chi connectivity index (χ0n) is 20.0. The molecule has 3 aromatic rings. The van der Waals surface area contributed by atoms with Crippen molar-refractivity contribution in [1.82, 2.24) is 10.3 Å². The number of halogens is 1. The van der Waals surface area contributed by atoms with Crippen LogP contribution in [0.5, 0.6) is 0 Å². The molecule has 0 aliphatic heterocycles. The van der Waals surface area contributed by atoms with E-state index in [0.717, 1.165) is 0 Å². The molecule has 1 aromatic carbocycles. The number of nitrogens with one attached hydrogen (secondary N) is 2. The molecule has 1 aliphatic rings. The summed E-state index contributed by atoms with van der Waals surface area (Å²) in [5.41, 5.74) is 1.29. The number of pyridine rings is 1. The number of carbonyl (C=O) groups excluding carboxylic acids is 1. The first-order valence-corrected chi connectivity index (χ1v) is 15.1. The number of sulfone groups is 1. The second-order valence-corrected chi connectivity index (χ2v) is 13.0. The van der Waals surface area contributed by atoms with Gasteiger partial charge < -0.3 is 9.73 Å². The zero-order chi connectivity index (χ0) is 26.1. The second kappa shape index (κ2) is 10.2. The van der Waals surface area contributed by atoms with Crippen LogP contribution in [-0.4, -0.2) is 51.5 Å². The fraction of sp³-hybridized carbons (Fsp3) is 0.417. The topological polar surface area (TPSA) is 135 Å². The van der Waals surface area contributed by atoms with E-state index in [9.17, 15) is 26.0 Å². The molecule has 2 aromatic heterocycles. The van der Waals surface area contributed by atoms with Crippen LogP contribution in [0, 0.1) is 5.82 Å². The van der Waals surface area contributed by atoms with E-state index in [1.807, 2.05) is 6.92 Å². The van der Waals surface area contributed by atoms with Gasteiger partial charge >= 0.3 is 0 Å². The molecular weight excluding hydrogens is 509 g/mol. The van der Waals surface area contributed by atoms with Crippen LogP contribution in [-0.2, 0) is 26.3 Å². The van der Waals surface area contributed by atoms with Gasteiger partial charge in [0.05, 0.1) is 27.7 Å². The fourth-order valence-corrected chi connectivity index (χ4v) is 6.92. The van der Waals surface area contributed by atoms with E-state index in [0.29, 0.717) is 35.8 Å². The molecule has 0 saturated heterocycles. The van der Waals surface area contributed by atoms with E-state index in [2.05, 4.69) is 15.0 Å². The summed E-state index contributed by atoms with van der Waals surface area (Å²) in [6.07, 6.45) is 2.26. The highest BCUT2D eigenvalue weighted by molar-refractivity contribution is 7.92. The first-order valence-electron chi connectivity index (χ1n) is 11.7. The predicted octanol–water partition coefficient (Wildman–Crippen LogP) is 3.66. The van der Waals surface area contributed by atoms with Crippen LogP contribution in [0.3, 0.4) is 0 Å². The van der Waals surface area contributed by atoms with Gasteiger partial charge in [0.2, 0.25) is 15.7 Å². The van der Waals surface area contributed by atoms with Crippen LogP contribution in [0.2, 0.25) is 0 Å². The Morgan fingerprint density at radius 1 is 1.11 bits per heavy atom. The molecule has 1 saturated carbocycles. The van der Waals surface area contributed by atoms with Crippen LogP contribution in [0.15, 0.2) is 34.7 Å². The maximum atomic E-state index is 13.4. The lowest BCUT2D eigenvalue weighted by molar-refractivity contribution is 0.0964. The third kappa shape index (κ3) is 5.70. The van der Waals surface area contributed by atoms with E-state index in [1.165, 1.54) is 31.3 Å². The van der Waals surface area contributed by atoms with Gasteiger partial charge in [0, 0.05) is 12.6 Å². The number of anilines is 1. The summed E-state index contributed by atoms with van der Waals surface area (Å²) in [7, 11) is -5.46. The second-order valence-electron chi connectivity index (χ2n) is 8.79. The summed E-state index contributed by atoms with van der Waals surface area (Å²) < 4.78 is 71.2. The minimum Gasteiger partial charge on any atom is -0.437 e. The maximum absolute atomic E-state index is 13.4. The molecule has 0 radical (unpaired) electrons. The summed E-state index contributed by atoms with van der Waals surface area (Å²) in [5.74, 6) is -0.859. The normalized spacial score (nSPS) is 14.2. The van der Waals surface area contributed by atoms with Crippen molar-refractivity contribution >= 4 is 42.7 Å². The Kier molecular flexibility index (Phi) is 7.37. The molecule has 2 heterocycles. The Morgan fingerprint density at radius 2 is 1.78 bits per heavy atom. The number of furan rings is 1. The summed E-state index contributed by atoms with van der Waals surface area (Å²) in [6, 6.07) is 7.11. The number of aryl methyl sites for hydroxylation is 1. The number of carbonyl (C=O) groups is 1. The number of rotatable bonds is 11. The Morgan fingerprint density at radius 3 is 2.39 bits per heavy atom. The van der Waals surface area contributed by atoms with Gasteiger partial charge in [0.25, 0.3) is 5.91 Å². The third-order valence-corrected chi connectivity index (χ3v) is 9.75. The summed E-state index contributed by atoms with van der Waals surface area (Å²) in [4.78, 5) is 17.1. The van der Waals surface area contributed by atoms with Crippen LogP contribution in [0.25, 0.3) is 22.4 Å². The highest BCUT2D eigenvalue weighted by Crippen LogP contribution is 2.35. The van der Waals surface area contributed by atoms with Gasteiger partial charge in [0.15, 0.2) is 9.84 Å². The van der Waals surface area contributed by atoms with Gasteiger partial charge in [-0.05, 0) is 68.0 Å². The number of nitrogens with zero attached hydrogens (tertiary/aromatic N) is 1. The third-order valence-electron chi connectivity index (χ3n) is 6.08. The van der Waals surface area contributed by atoms with Crippen LogP contribution in [0.4, 0.5) is 10.2 Å². The minimum atomic E-state index is -3.81. The molecule has 9 nitrogen and oxygen atoms in total. The highest BCUT2D eigenvalue weighted by atomic mass is 32.2. The summed E-state index contributed by atoms with van der Waals surface area (Å²) in [6.45, 7) is 1.82. The number of unbranched alkanes of at least 4 members (excludes halogenated alkanes) is 1. The first-order chi connectivity index (χ1) is 17.0. The van der Waals surface area contributed by atoms with Crippen molar-refractivity contribution in [2.75, 3.05) is 23.3 Å². The van der Waals surface area contributed by atoms with Gasteiger partial charge in [0.1, 0.15) is 17.4 Å². The Hall–Kier alpha value is -2.99. The van der Waals surface area contributed by atoms with Crippen molar-refractivity contribution < 1.29 is 30.4 Å². The molecule has 1 amide bonds. The summed E-state index contributed by atoms with van der Waals surface area (Å²) >= 11 is 0. The molecule has 0 unspecified atom stereocenters. The van der Waals surface area contributed by atoms with Gasteiger partial charge in [-0.25, -0.2) is 21.2 Å². The number of hydrogen-bond donors (Lipinski definition) is 2. The summed E-state index contributed by atoms with van der Waals surface area (Å²) in [5, 5.41) is 2.71. The molecule has 1 aliphatic carbocycles. The van der Waals surface area contributed by atoms with Crippen LogP contribution >= 0.6 is 0 Å². The number of amides is 1. The lowest BCUT2D eigenvalue weighted by Gasteiger charge is -2.11. The average molecular weight is 538 g/mol. The SMILES string of the molecule is CCc1cc2c(C(=O)NC)c(-c3ccc(F)cc3)oc2nc1NS(=O)(=O)CCCCS(=O)(=O)C1CC1. The van der Waals surface area contributed by atoms with Gasteiger partial charge in [-0.2, -0.15) is 4.98 Å². The predicted molar refractivity (Wildman–Crippen MR) is 136 cm³/mol. The van der Waals surface area contributed by atoms with Gasteiger partial charge in [-0.15, -0.1) is 0 Å². The maximum Gasteiger partial charge on any atom is 0.255 e. The lowest BCUT2D eigenvalue weighted by atomic mass is 10.0. The molecule has 194 valence electrons. The van der Waals surface area contributed by atoms with Crippen LogP contribution < -0.4 is 10.0 Å². The number of fused-ring (bicyclic) bond motifs is 1. The minimum absolute atomic E-state index is 0.0154. The average Bonchev–Trinajstić information content (AvgIpc) is 3.64. The molecule has 0 spiro atoms. The quantitative estimate of drug-likeness (QED) is 0.356. The zero-order valence-corrected chi connectivity index (χ0v) is 21.6. The van der Waals surface area contributed by atoms with E-state index in [4.69, 9.17) is 4.42 Å². The highest BCUT2D eigenvalue weighted by Gasteiger charge is 2.35. The molecule has 12 heteroatoms. The van der Waals surface area contributed by atoms with Crippen molar-refractivity contribution in [3.8, 4) is 11.3 Å². The van der Waals surface area contributed by atoms with Crippen LogP contribution in [0.1, 0.15) is 48.5 Å². The van der Waals surface area contributed by atoms with Crippen molar-refractivity contribution in [1.29, 1.82) is 0 Å². The lowest BCUT2D eigenvalue weighted by Crippen LogP contribution is -2.20. The van der Waals surface area contributed by atoms with Gasteiger partial charge in [-0.1, -0.05) is 6.92 Å². The standard InChI is InChI=1S/C24H28FN3O6S2/c1-3-15-14-19-20(23(29)26-2)21(16-6-8-17(25)9-7-16)34-24(19)27-22(15)28-36(32,33)13-5-4-12-35(30,31)18-10-11-18/h6-9,14,18H,3-5,10-13H2,1-2H3,(H,26,29)(H,27,28). The van der Waals surface area contributed by atoms with E-state index in [1.54, 1.807) is 6.07 Å². The van der Waals surface area contributed by atoms with Gasteiger partial charge in [-0.3, -0.25) is 9.52 Å². The Labute approximate surface area is 209 Å². The monoisotopic (exact) mass is 537 g/mol. The van der Waals surface area contributed by atoms with Crippen molar-refractivity contribution in [2.45, 2.75) is 44.3 Å². The molecule has 2 N–H and O–H groups in total. The Bertz CT molecular complexity index is 1490.